The molecule has 0 aromatic heterocycles. The number of carbonyl (C=O) groups excluding carboxylic acids is 2. The Hall–Kier alpha value is -2.04. The molecule has 1 amide bonds. The van der Waals surface area contributed by atoms with Crippen LogP contribution in [0.3, 0.4) is 0 Å². The Morgan fingerprint density at radius 1 is 1.04 bits per heavy atom. The lowest BCUT2D eigenvalue weighted by Crippen LogP contribution is -2.31. The van der Waals surface area contributed by atoms with E-state index in [0.717, 1.165) is 0 Å². The topological polar surface area (TPSA) is 46.6 Å². The Bertz CT molecular complexity index is 717. The van der Waals surface area contributed by atoms with Gasteiger partial charge in [-0.15, -0.1) is 0 Å². The molecule has 0 radical (unpaired) electrons. The molecule has 0 aliphatic heterocycles. The van der Waals surface area contributed by atoms with E-state index in [-0.39, 0.29) is 16.5 Å². The fourth-order valence-electron chi connectivity index (χ4n) is 1.95. The normalized spacial score (nSPS) is 11.7. The lowest BCUT2D eigenvalue weighted by molar-refractivity contribution is -0.138. The Morgan fingerprint density at radius 2 is 1.70 bits per heavy atom. The van der Waals surface area contributed by atoms with Crippen molar-refractivity contribution in [1.29, 1.82) is 0 Å². The Morgan fingerprint density at radius 3 is 2.26 bits per heavy atom. The van der Waals surface area contributed by atoms with Crippen LogP contribution in [0.1, 0.15) is 22.0 Å². The number of amides is 1. The number of likely N-dealkylation sites (N-methyl/N-ethyl adjacent to an activating group) is 1. The third-order valence-corrected chi connectivity index (χ3v) is 3.69. The molecule has 120 valence electrons. The number of hydrogen-bond acceptors (Lipinski definition) is 3. The van der Waals surface area contributed by atoms with E-state index >= 15 is 0 Å². The largest absolute Gasteiger partial charge is 0.444 e. The summed E-state index contributed by atoms with van der Waals surface area (Å²) in [5.74, 6) is -1.02. The van der Waals surface area contributed by atoms with Gasteiger partial charge in [0.15, 0.2) is 0 Å². The molecule has 2 rings (SSSR count). The first-order valence-electron chi connectivity index (χ1n) is 6.82. The van der Waals surface area contributed by atoms with Gasteiger partial charge in [0.1, 0.15) is 0 Å². The van der Waals surface area contributed by atoms with Crippen LogP contribution < -0.4 is 0 Å². The molecule has 6 heteroatoms. The van der Waals surface area contributed by atoms with Crippen molar-refractivity contribution < 1.29 is 14.3 Å². The highest BCUT2D eigenvalue weighted by Crippen LogP contribution is 2.25. The van der Waals surface area contributed by atoms with Crippen molar-refractivity contribution in [2.75, 3.05) is 14.1 Å². The van der Waals surface area contributed by atoms with E-state index < -0.39 is 12.1 Å². The zero-order chi connectivity index (χ0) is 17.0. The monoisotopic (exact) mass is 351 g/mol. The van der Waals surface area contributed by atoms with Gasteiger partial charge in [0.2, 0.25) is 6.10 Å². The second kappa shape index (κ2) is 7.49. The zero-order valence-electron chi connectivity index (χ0n) is 12.6. The average molecular weight is 352 g/mol. The second-order valence-corrected chi connectivity index (χ2v) is 5.90. The van der Waals surface area contributed by atoms with Gasteiger partial charge in [-0.2, -0.15) is 0 Å². The zero-order valence-corrected chi connectivity index (χ0v) is 14.1. The van der Waals surface area contributed by atoms with E-state index in [1.165, 1.54) is 23.1 Å². The number of hydrogen-bond donors (Lipinski definition) is 0. The van der Waals surface area contributed by atoms with Crippen molar-refractivity contribution in [3.63, 3.8) is 0 Å². The number of benzene rings is 2. The highest BCUT2D eigenvalue weighted by molar-refractivity contribution is 6.36. The Balaban J connectivity index is 2.30. The van der Waals surface area contributed by atoms with Gasteiger partial charge in [-0.25, -0.2) is 4.79 Å². The van der Waals surface area contributed by atoms with Gasteiger partial charge in [-0.05, 0) is 18.2 Å². The summed E-state index contributed by atoms with van der Waals surface area (Å²) >= 11 is 11.8. The van der Waals surface area contributed by atoms with Crippen LogP contribution >= 0.6 is 23.2 Å². The predicted octanol–water partition coefficient (Wildman–Crippen LogP) is 3.98. The molecule has 4 nitrogen and oxygen atoms in total. The van der Waals surface area contributed by atoms with Crippen molar-refractivity contribution in [2.24, 2.45) is 0 Å². The van der Waals surface area contributed by atoms with Crippen molar-refractivity contribution in [3.05, 3.63) is 69.7 Å². The maximum absolute atomic E-state index is 12.4. The summed E-state index contributed by atoms with van der Waals surface area (Å²) < 4.78 is 5.41. The summed E-state index contributed by atoms with van der Waals surface area (Å²) in [5, 5.41) is 0.585. The van der Waals surface area contributed by atoms with Gasteiger partial charge in [-0.1, -0.05) is 53.5 Å². The summed E-state index contributed by atoms with van der Waals surface area (Å²) in [6.45, 7) is 0. The predicted molar refractivity (Wildman–Crippen MR) is 89.8 cm³/mol. The van der Waals surface area contributed by atoms with E-state index in [0.29, 0.717) is 10.6 Å². The molecule has 23 heavy (non-hydrogen) atoms. The van der Waals surface area contributed by atoms with Gasteiger partial charge >= 0.3 is 5.97 Å². The minimum absolute atomic E-state index is 0.156. The lowest BCUT2D eigenvalue weighted by Gasteiger charge is -2.21. The maximum Gasteiger partial charge on any atom is 0.340 e. The minimum Gasteiger partial charge on any atom is -0.444 e. The molecule has 0 spiro atoms. The molecule has 0 saturated carbocycles. The molecule has 0 bridgehead atoms. The standard InChI is InChI=1S/C17H15Cl2NO3/c1-20(2)16(21)15(11-6-4-3-5-7-11)23-17(22)13-9-8-12(18)10-14(13)19/h3-10,15H,1-2H3/t15-/m1/s1. The highest BCUT2D eigenvalue weighted by atomic mass is 35.5. The van der Waals surface area contributed by atoms with Crippen LogP contribution in [0, 0.1) is 0 Å². The number of nitrogens with zero attached hydrogens (tertiary/aromatic N) is 1. The van der Waals surface area contributed by atoms with E-state index in [2.05, 4.69) is 0 Å². The van der Waals surface area contributed by atoms with Crippen LogP contribution in [0.2, 0.25) is 10.0 Å². The fourth-order valence-corrected chi connectivity index (χ4v) is 2.43. The van der Waals surface area contributed by atoms with Crippen molar-refractivity contribution >= 4 is 35.1 Å². The molecule has 1 atom stereocenters. The van der Waals surface area contributed by atoms with Gasteiger partial charge < -0.3 is 9.64 Å². The number of rotatable bonds is 4. The number of ether oxygens (including phenoxy) is 1. The SMILES string of the molecule is CN(C)C(=O)[C@H](OC(=O)c1ccc(Cl)cc1Cl)c1ccccc1. The first-order chi connectivity index (χ1) is 10.9. The summed E-state index contributed by atoms with van der Waals surface area (Å²) in [6, 6.07) is 13.3. The maximum atomic E-state index is 12.4. The van der Waals surface area contributed by atoms with Crippen molar-refractivity contribution in [3.8, 4) is 0 Å². The van der Waals surface area contributed by atoms with Crippen LogP contribution in [-0.2, 0) is 9.53 Å². The first kappa shape index (κ1) is 17.3. The highest BCUT2D eigenvalue weighted by Gasteiger charge is 2.27. The summed E-state index contributed by atoms with van der Waals surface area (Å²) in [7, 11) is 3.20. The van der Waals surface area contributed by atoms with Crippen LogP contribution in [0.15, 0.2) is 48.5 Å². The van der Waals surface area contributed by atoms with E-state index in [1.807, 2.05) is 6.07 Å². The Labute approximate surface area is 144 Å². The van der Waals surface area contributed by atoms with Crippen LogP contribution in [-0.4, -0.2) is 30.9 Å². The van der Waals surface area contributed by atoms with E-state index in [4.69, 9.17) is 27.9 Å². The Kier molecular flexibility index (Phi) is 5.64. The van der Waals surface area contributed by atoms with Crippen molar-refractivity contribution in [1.82, 2.24) is 4.90 Å². The second-order valence-electron chi connectivity index (χ2n) is 5.05. The summed E-state index contributed by atoms with van der Waals surface area (Å²) in [4.78, 5) is 26.1. The van der Waals surface area contributed by atoms with Crippen LogP contribution in [0.25, 0.3) is 0 Å². The number of esters is 1. The first-order valence-corrected chi connectivity index (χ1v) is 7.58. The molecule has 0 aliphatic carbocycles. The van der Waals surface area contributed by atoms with Crippen LogP contribution in [0.5, 0.6) is 0 Å². The number of carbonyl (C=O) groups is 2. The molecule has 2 aromatic rings. The minimum atomic E-state index is -1.04. The molecular formula is C17H15Cl2NO3. The summed E-state index contributed by atoms with van der Waals surface area (Å²) in [5.41, 5.74) is 0.744. The third kappa shape index (κ3) is 4.24. The summed E-state index contributed by atoms with van der Waals surface area (Å²) in [6.07, 6.45) is -1.04. The molecule has 2 aromatic carbocycles. The molecule has 0 heterocycles. The molecule has 0 aliphatic rings. The quantitative estimate of drug-likeness (QED) is 0.782. The van der Waals surface area contributed by atoms with Crippen molar-refractivity contribution in [2.45, 2.75) is 6.10 Å². The van der Waals surface area contributed by atoms with E-state index in [1.54, 1.807) is 38.4 Å². The van der Waals surface area contributed by atoms with Gasteiger partial charge in [0.25, 0.3) is 5.91 Å². The molecule has 0 N–H and O–H groups in total. The fraction of sp³-hybridized carbons (Fsp3) is 0.176. The number of halogens is 2. The smallest absolute Gasteiger partial charge is 0.340 e. The molecular weight excluding hydrogens is 337 g/mol. The van der Waals surface area contributed by atoms with Gasteiger partial charge in [0, 0.05) is 24.7 Å². The van der Waals surface area contributed by atoms with E-state index in [9.17, 15) is 9.59 Å². The third-order valence-electron chi connectivity index (χ3n) is 3.14. The van der Waals surface area contributed by atoms with Gasteiger partial charge in [0.05, 0.1) is 10.6 Å². The average Bonchev–Trinajstić information content (AvgIpc) is 2.52. The van der Waals surface area contributed by atoms with Gasteiger partial charge in [-0.3, -0.25) is 4.79 Å². The van der Waals surface area contributed by atoms with Crippen LogP contribution in [0.4, 0.5) is 0 Å². The molecule has 0 saturated heterocycles. The lowest BCUT2D eigenvalue weighted by atomic mass is 10.1. The molecule has 0 fully saturated rings. The molecule has 0 unspecified atom stereocenters.